The molecule has 23 heavy (non-hydrogen) atoms. The second kappa shape index (κ2) is 7.66. The summed E-state index contributed by atoms with van der Waals surface area (Å²) in [6.45, 7) is 6.28. The van der Waals surface area contributed by atoms with Gasteiger partial charge in [0.15, 0.2) is 0 Å². The quantitative estimate of drug-likeness (QED) is 0.699. The van der Waals surface area contributed by atoms with Crippen LogP contribution in [0, 0.1) is 16.7 Å². The second-order valence-electron chi connectivity index (χ2n) is 6.39. The number of nitrogens with zero attached hydrogens (tertiary/aromatic N) is 2. The Bertz CT molecular complexity index is 478. The molecule has 1 unspecified atom stereocenters. The molecule has 0 spiro atoms. The molecule has 132 valence electrons. The Balaban J connectivity index is 6.05. The summed E-state index contributed by atoms with van der Waals surface area (Å²) in [6.07, 6.45) is -6.21. The van der Waals surface area contributed by atoms with Crippen LogP contribution >= 0.6 is 0 Å². The van der Waals surface area contributed by atoms with Gasteiger partial charge < -0.3 is 9.64 Å². The molecule has 1 atom stereocenters. The van der Waals surface area contributed by atoms with E-state index in [1.807, 2.05) is 0 Å². The van der Waals surface area contributed by atoms with Crippen LogP contribution in [0.1, 0.15) is 47.0 Å². The first-order chi connectivity index (χ1) is 10.4. The van der Waals surface area contributed by atoms with E-state index < -0.39 is 36.4 Å². The zero-order valence-electron chi connectivity index (χ0n) is 14.1. The van der Waals surface area contributed by atoms with Crippen LogP contribution in [0.2, 0.25) is 0 Å². The molecule has 0 bridgehead atoms. The fourth-order valence-electron chi connectivity index (χ4n) is 2.22. The van der Waals surface area contributed by atoms with Crippen LogP contribution in [0.4, 0.5) is 13.2 Å². The van der Waals surface area contributed by atoms with Gasteiger partial charge in [-0.1, -0.05) is 27.7 Å². The Labute approximate surface area is 134 Å². The topological polar surface area (TPSA) is 70.4 Å². The Hall–Kier alpha value is -1.78. The summed E-state index contributed by atoms with van der Waals surface area (Å²) < 4.78 is 45.5. The van der Waals surface area contributed by atoms with Crippen molar-refractivity contribution in [2.45, 2.75) is 58.7 Å². The maximum absolute atomic E-state index is 13.7. The van der Waals surface area contributed by atoms with Crippen molar-refractivity contribution in [2.75, 3.05) is 13.7 Å². The van der Waals surface area contributed by atoms with E-state index in [-0.39, 0.29) is 18.4 Å². The number of carbonyl (C=O) groups is 2. The largest absolute Gasteiger partial charge is 0.467 e. The molecular formula is C15H23F3N2O3. The minimum absolute atomic E-state index is 0.235. The summed E-state index contributed by atoms with van der Waals surface area (Å²) >= 11 is 0. The molecule has 0 aromatic carbocycles. The van der Waals surface area contributed by atoms with E-state index in [0.717, 1.165) is 14.0 Å². The van der Waals surface area contributed by atoms with Gasteiger partial charge in [0.25, 0.3) is 0 Å². The molecular weight excluding hydrogens is 313 g/mol. The maximum atomic E-state index is 13.7. The summed E-state index contributed by atoms with van der Waals surface area (Å²) in [6, 6.07) is 1.54. The fourth-order valence-corrected chi connectivity index (χ4v) is 2.22. The SMILES string of the molecule is CCC(C(=O)OC)(N(CCC(C)(C)C)C(=O)CC#N)C(F)(F)F. The van der Waals surface area contributed by atoms with Crippen molar-refractivity contribution in [1.82, 2.24) is 4.90 Å². The van der Waals surface area contributed by atoms with Crippen LogP contribution in [0.5, 0.6) is 0 Å². The smallest absolute Gasteiger partial charge is 0.422 e. The molecule has 0 aliphatic heterocycles. The number of rotatable bonds is 6. The standard InChI is InChI=1S/C15H23F3N2O3/c1-6-14(12(22)23-5,15(16,17)18)20(11(21)7-9-19)10-8-13(2,3)4/h6-8,10H2,1-5H3. The van der Waals surface area contributed by atoms with Gasteiger partial charge >= 0.3 is 12.1 Å². The molecule has 0 aromatic rings. The summed E-state index contributed by atoms with van der Waals surface area (Å²) in [5.41, 5.74) is -3.44. The lowest BCUT2D eigenvalue weighted by atomic mass is 9.88. The molecule has 5 nitrogen and oxygen atoms in total. The number of hydrogen-bond acceptors (Lipinski definition) is 4. The molecule has 0 heterocycles. The Morgan fingerprint density at radius 3 is 2.04 bits per heavy atom. The number of ether oxygens (including phenoxy) is 1. The number of amides is 1. The van der Waals surface area contributed by atoms with Crippen molar-refractivity contribution < 1.29 is 27.5 Å². The van der Waals surface area contributed by atoms with E-state index in [4.69, 9.17) is 5.26 Å². The predicted molar refractivity (Wildman–Crippen MR) is 77.1 cm³/mol. The van der Waals surface area contributed by atoms with Crippen molar-refractivity contribution in [2.24, 2.45) is 5.41 Å². The van der Waals surface area contributed by atoms with E-state index in [9.17, 15) is 22.8 Å². The molecule has 0 N–H and O–H groups in total. The third kappa shape index (κ3) is 4.85. The van der Waals surface area contributed by atoms with Gasteiger partial charge in [-0.05, 0) is 18.3 Å². The molecule has 0 aliphatic rings. The summed E-state index contributed by atoms with van der Waals surface area (Å²) in [5, 5.41) is 8.66. The van der Waals surface area contributed by atoms with Crippen LogP contribution in [0.3, 0.4) is 0 Å². The van der Waals surface area contributed by atoms with Crippen molar-refractivity contribution in [3.05, 3.63) is 0 Å². The highest BCUT2D eigenvalue weighted by Gasteiger charge is 2.65. The van der Waals surface area contributed by atoms with E-state index in [1.165, 1.54) is 6.07 Å². The van der Waals surface area contributed by atoms with Crippen molar-refractivity contribution in [3.8, 4) is 6.07 Å². The highest BCUT2D eigenvalue weighted by atomic mass is 19.4. The monoisotopic (exact) mass is 336 g/mol. The normalized spacial score (nSPS) is 14.6. The first-order valence-electron chi connectivity index (χ1n) is 7.20. The lowest BCUT2D eigenvalue weighted by Gasteiger charge is -2.42. The average Bonchev–Trinajstić information content (AvgIpc) is 2.40. The molecule has 1 amide bonds. The predicted octanol–water partition coefficient (Wildman–Crippen LogP) is 3.05. The first-order valence-corrected chi connectivity index (χ1v) is 7.20. The Morgan fingerprint density at radius 2 is 1.74 bits per heavy atom. The van der Waals surface area contributed by atoms with Gasteiger partial charge in [-0.25, -0.2) is 4.79 Å². The minimum Gasteiger partial charge on any atom is -0.467 e. The van der Waals surface area contributed by atoms with Crippen LogP contribution in [-0.2, 0) is 14.3 Å². The number of halogens is 3. The molecule has 0 aromatic heterocycles. The molecule has 0 fully saturated rings. The average molecular weight is 336 g/mol. The molecule has 0 rings (SSSR count). The van der Waals surface area contributed by atoms with Gasteiger partial charge in [0.2, 0.25) is 11.4 Å². The van der Waals surface area contributed by atoms with Gasteiger partial charge in [0, 0.05) is 6.54 Å². The van der Waals surface area contributed by atoms with E-state index in [2.05, 4.69) is 4.74 Å². The molecule has 0 saturated heterocycles. The van der Waals surface area contributed by atoms with Gasteiger partial charge in [-0.2, -0.15) is 18.4 Å². The van der Waals surface area contributed by atoms with Crippen LogP contribution in [0.15, 0.2) is 0 Å². The van der Waals surface area contributed by atoms with Gasteiger partial charge in [-0.3, -0.25) is 4.79 Å². The first kappa shape index (κ1) is 21.2. The van der Waals surface area contributed by atoms with E-state index in [0.29, 0.717) is 4.90 Å². The second-order valence-corrected chi connectivity index (χ2v) is 6.39. The van der Waals surface area contributed by atoms with E-state index in [1.54, 1.807) is 20.8 Å². The van der Waals surface area contributed by atoms with E-state index >= 15 is 0 Å². The van der Waals surface area contributed by atoms with Crippen molar-refractivity contribution in [3.63, 3.8) is 0 Å². The van der Waals surface area contributed by atoms with Crippen LogP contribution < -0.4 is 0 Å². The Morgan fingerprint density at radius 1 is 1.22 bits per heavy atom. The van der Waals surface area contributed by atoms with Gasteiger partial charge in [0.05, 0.1) is 13.2 Å². The van der Waals surface area contributed by atoms with Crippen molar-refractivity contribution >= 4 is 11.9 Å². The third-order valence-corrected chi connectivity index (χ3v) is 3.58. The van der Waals surface area contributed by atoms with Crippen molar-refractivity contribution in [1.29, 1.82) is 5.26 Å². The number of alkyl halides is 3. The highest BCUT2D eigenvalue weighted by molar-refractivity contribution is 5.89. The number of methoxy groups -OCH3 is 1. The Kier molecular flexibility index (Phi) is 7.07. The lowest BCUT2D eigenvalue weighted by Crippen LogP contribution is -2.66. The molecule has 0 saturated carbocycles. The zero-order valence-corrected chi connectivity index (χ0v) is 14.1. The molecule has 0 aliphatic carbocycles. The van der Waals surface area contributed by atoms with Gasteiger partial charge in [-0.15, -0.1) is 0 Å². The summed E-state index contributed by atoms with van der Waals surface area (Å²) in [7, 11) is 0.842. The van der Waals surface area contributed by atoms with Gasteiger partial charge in [0.1, 0.15) is 6.42 Å². The number of nitriles is 1. The maximum Gasteiger partial charge on any atom is 0.422 e. The number of esters is 1. The number of hydrogen-bond donors (Lipinski definition) is 0. The van der Waals surface area contributed by atoms with Crippen LogP contribution in [0.25, 0.3) is 0 Å². The highest BCUT2D eigenvalue weighted by Crippen LogP contribution is 2.40. The summed E-state index contributed by atoms with van der Waals surface area (Å²) in [5.74, 6) is -2.59. The fraction of sp³-hybridized carbons (Fsp3) is 0.800. The zero-order chi connectivity index (χ0) is 18.5. The summed E-state index contributed by atoms with van der Waals surface area (Å²) in [4.78, 5) is 24.5. The lowest BCUT2D eigenvalue weighted by molar-refractivity contribution is -0.240. The minimum atomic E-state index is -5.02. The third-order valence-electron chi connectivity index (χ3n) is 3.58. The van der Waals surface area contributed by atoms with Crippen LogP contribution in [-0.4, -0.2) is 42.1 Å². The molecule has 8 heteroatoms. The number of carbonyl (C=O) groups excluding carboxylic acids is 2. The molecule has 0 radical (unpaired) electrons.